The molecule has 0 saturated carbocycles. The Morgan fingerprint density at radius 3 is 2.54 bits per heavy atom. The Labute approximate surface area is 150 Å². The quantitative estimate of drug-likeness (QED) is 0.595. The van der Waals surface area contributed by atoms with Crippen LogP contribution in [0.25, 0.3) is 23.1 Å². The number of fused-ring (bicyclic) bond motifs is 1. The zero-order chi connectivity index (χ0) is 17.1. The minimum Gasteiger partial charge on any atom is -0.495 e. The van der Waals surface area contributed by atoms with Crippen molar-refractivity contribution in [3.05, 3.63) is 63.8 Å². The summed E-state index contributed by atoms with van der Waals surface area (Å²) in [6.45, 7) is 0. The summed E-state index contributed by atoms with van der Waals surface area (Å²) in [5.41, 5.74) is 2.40. The first kappa shape index (κ1) is 16.6. The van der Waals surface area contributed by atoms with Crippen LogP contribution in [0.4, 0.5) is 0 Å². The van der Waals surface area contributed by atoms with Crippen molar-refractivity contribution in [2.45, 2.75) is 0 Å². The lowest BCUT2D eigenvalue weighted by Crippen LogP contribution is -1.90. The summed E-state index contributed by atoms with van der Waals surface area (Å²) in [6.07, 6.45) is 3.76. The van der Waals surface area contributed by atoms with Crippen LogP contribution in [0.2, 0.25) is 10.0 Å². The van der Waals surface area contributed by atoms with Gasteiger partial charge in [-0.15, -0.1) is 0 Å². The Kier molecular flexibility index (Phi) is 4.93. The van der Waals surface area contributed by atoms with E-state index < -0.39 is 0 Å². The minimum absolute atomic E-state index is 0.470. The van der Waals surface area contributed by atoms with Crippen molar-refractivity contribution in [2.24, 2.45) is 0 Å². The maximum atomic E-state index is 6.16. The van der Waals surface area contributed by atoms with Gasteiger partial charge in [-0.1, -0.05) is 41.4 Å². The lowest BCUT2D eigenvalue weighted by Gasteiger charge is -2.08. The molecule has 1 heterocycles. The van der Waals surface area contributed by atoms with Crippen molar-refractivity contribution in [3.63, 3.8) is 0 Å². The smallest absolute Gasteiger partial charge is 0.145 e. The van der Waals surface area contributed by atoms with E-state index in [-0.39, 0.29) is 0 Å². The summed E-state index contributed by atoms with van der Waals surface area (Å²) in [5.74, 6) is 1.32. The van der Waals surface area contributed by atoms with E-state index in [4.69, 9.17) is 32.7 Å². The first-order valence-electron chi connectivity index (χ1n) is 7.27. The molecule has 0 amide bonds. The molecule has 0 aliphatic heterocycles. The largest absolute Gasteiger partial charge is 0.495 e. The highest BCUT2D eigenvalue weighted by Gasteiger charge is 2.08. The van der Waals surface area contributed by atoms with Gasteiger partial charge in [0, 0.05) is 16.0 Å². The number of nitrogens with zero attached hydrogens (tertiary/aromatic N) is 1. The predicted octanol–water partition coefficient (Wildman–Crippen LogP) is 5.73. The first-order valence-corrected chi connectivity index (χ1v) is 8.03. The normalized spacial score (nSPS) is 11.2. The predicted molar refractivity (Wildman–Crippen MR) is 100 cm³/mol. The number of hydrogen-bond acceptors (Lipinski definition) is 3. The standard InChI is InChI=1S/C19H15Cl2NO2/c1-23-17-5-3-4-12-6-8-15(22-18(12)17)9-7-13-10-14(20)11-16(21)19(13)24-2/h3-11H,1-2H3/b9-7+. The first-order chi connectivity index (χ1) is 11.6. The van der Waals surface area contributed by atoms with E-state index in [9.17, 15) is 0 Å². The van der Waals surface area contributed by atoms with Gasteiger partial charge in [0.05, 0.1) is 24.9 Å². The third-order valence-corrected chi connectivity index (χ3v) is 4.10. The number of aromatic nitrogens is 1. The lowest BCUT2D eigenvalue weighted by atomic mass is 10.1. The molecular weight excluding hydrogens is 345 g/mol. The van der Waals surface area contributed by atoms with Gasteiger partial charge in [0.1, 0.15) is 17.0 Å². The molecule has 24 heavy (non-hydrogen) atoms. The van der Waals surface area contributed by atoms with Crippen molar-refractivity contribution < 1.29 is 9.47 Å². The van der Waals surface area contributed by atoms with Gasteiger partial charge < -0.3 is 9.47 Å². The Balaban J connectivity index is 2.02. The Morgan fingerprint density at radius 2 is 1.79 bits per heavy atom. The van der Waals surface area contributed by atoms with Gasteiger partial charge in [-0.05, 0) is 36.4 Å². The fourth-order valence-electron chi connectivity index (χ4n) is 2.49. The van der Waals surface area contributed by atoms with E-state index in [2.05, 4.69) is 4.98 Å². The van der Waals surface area contributed by atoms with Gasteiger partial charge in [0.2, 0.25) is 0 Å². The molecule has 3 rings (SSSR count). The Hall–Kier alpha value is -2.23. The second-order valence-corrected chi connectivity index (χ2v) is 5.96. The van der Waals surface area contributed by atoms with Crippen LogP contribution < -0.4 is 9.47 Å². The highest BCUT2D eigenvalue weighted by molar-refractivity contribution is 6.36. The van der Waals surface area contributed by atoms with Gasteiger partial charge in [-0.2, -0.15) is 0 Å². The van der Waals surface area contributed by atoms with Crippen LogP contribution >= 0.6 is 23.2 Å². The summed E-state index contributed by atoms with van der Waals surface area (Å²) in [5, 5.41) is 2.04. The maximum absolute atomic E-state index is 6.16. The third-order valence-electron chi connectivity index (χ3n) is 3.60. The van der Waals surface area contributed by atoms with Crippen LogP contribution in [0, 0.1) is 0 Å². The number of ether oxygens (including phenoxy) is 2. The second kappa shape index (κ2) is 7.12. The van der Waals surface area contributed by atoms with Crippen molar-refractivity contribution in [1.82, 2.24) is 4.98 Å². The maximum Gasteiger partial charge on any atom is 0.145 e. The summed E-state index contributed by atoms with van der Waals surface area (Å²) in [7, 11) is 3.21. The average molecular weight is 360 g/mol. The molecule has 3 nitrogen and oxygen atoms in total. The minimum atomic E-state index is 0.470. The van der Waals surface area contributed by atoms with E-state index in [1.54, 1.807) is 26.4 Å². The van der Waals surface area contributed by atoms with E-state index in [1.807, 2.05) is 42.5 Å². The van der Waals surface area contributed by atoms with Crippen LogP contribution in [0.5, 0.6) is 11.5 Å². The molecule has 0 spiro atoms. The molecule has 0 aliphatic carbocycles. The van der Waals surface area contributed by atoms with Crippen LogP contribution in [0.1, 0.15) is 11.3 Å². The summed E-state index contributed by atoms with van der Waals surface area (Å²) in [6, 6.07) is 13.2. The molecule has 1 aromatic heterocycles. The third kappa shape index (κ3) is 3.32. The summed E-state index contributed by atoms with van der Waals surface area (Å²) < 4.78 is 10.7. The zero-order valence-corrected chi connectivity index (χ0v) is 14.7. The van der Waals surface area contributed by atoms with Gasteiger partial charge >= 0.3 is 0 Å². The van der Waals surface area contributed by atoms with Crippen LogP contribution in [0.3, 0.4) is 0 Å². The summed E-state index contributed by atoms with van der Waals surface area (Å²) in [4.78, 5) is 4.64. The molecule has 122 valence electrons. The molecule has 0 radical (unpaired) electrons. The number of methoxy groups -OCH3 is 2. The molecule has 0 aliphatic rings. The number of hydrogen-bond donors (Lipinski definition) is 0. The Morgan fingerprint density at radius 1 is 0.958 bits per heavy atom. The molecule has 0 bridgehead atoms. The molecule has 0 saturated heterocycles. The van der Waals surface area contributed by atoms with Crippen molar-refractivity contribution in [3.8, 4) is 11.5 Å². The van der Waals surface area contributed by atoms with Gasteiger partial charge in [0.25, 0.3) is 0 Å². The monoisotopic (exact) mass is 359 g/mol. The highest BCUT2D eigenvalue weighted by Crippen LogP contribution is 2.33. The van der Waals surface area contributed by atoms with Crippen molar-refractivity contribution >= 4 is 46.3 Å². The fraction of sp³-hybridized carbons (Fsp3) is 0.105. The van der Waals surface area contributed by atoms with Gasteiger partial charge in [-0.25, -0.2) is 4.98 Å². The fourth-order valence-corrected chi connectivity index (χ4v) is 3.07. The highest BCUT2D eigenvalue weighted by atomic mass is 35.5. The average Bonchev–Trinajstić information content (AvgIpc) is 2.58. The molecule has 5 heteroatoms. The van der Waals surface area contributed by atoms with Crippen LogP contribution in [-0.2, 0) is 0 Å². The van der Waals surface area contributed by atoms with Crippen molar-refractivity contribution in [2.75, 3.05) is 14.2 Å². The molecular formula is C19H15Cl2NO2. The van der Waals surface area contributed by atoms with Gasteiger partial charge in [0.15, 0.2) is 0 Å². The lowest BCUT2D eigenvalue weighted by molar-refractivity contribution is 0.414. The zero-order valence-electron chi connectivity index (χ0n) is 13.2. The van der Waals surface area contributed by atoms with Crippen LogP contribution in [0.15, 0.2) is 42.5 Å². The molecule has 3 aromatic rings. The number of rotatable bonds is 4. The SMILES string of the molecule is COc1c(Cl)cc(Cl)cc1/C=C/c1ccc2cccc(OC)c2n1. The van der Waals surface area contributed by atoms with Crippen LogP contribution in [-0.4, -0.2) is 19.2 Å². The molecule has 2 aromatic carbocycles. The molecule has 0 fully saturated rings. The van der Waals surface area contributed by atoms with Crippen molar-refractivity contribution in [1.29, 1.82) is 0 Å². The number of halogens is 2. The van der Waals surface area contributed by atoms with E-state index in [0.717, 1.165) is 27.9 Å². The number of benzene rings is 2. The van der Waals surface area contributed by atoms with Gasteiger partial charge in [-0.3, -0.25) is 0 Å². The van der Waals surface area contributed by atoms with E-state index in [1.165, 1.54) is 0 Å². The second-order valence-electron chi connectivity index (χ2n) is 5.11. The Bertz CT molecular complexity index is 923. The van der Waals surface area contributed by atoms with E-state index >= 15 is 0 Å². The van der Waals surface area contributed by atoms with E-state index in [0.29, 0.717) is 15.8 Å². The summed E-state index contributed by atoms with van der Waals surface area (Å²) >= 11 is 12.2. The topological polar surface area (TPSA) is 31.4 Å². The number of para-hydroxylation sites is 1. The molecule has 0 N–H and O–H groups in total. The molecule has 0 unspecified atom stereocenters. The number of pyridine rings is 1. The molecule has 0 atom stereocenters.